The molecule has 1 atom stereocenters. The first-order valence-corrected chi connectivity index (χ1v) is 7.91. The van der Waals surface area contributed by atoms with Crippen LogP contribution in [0.25, 0.3) is 0 Å². The third-order valence-corrected chi connectivity index (χ3v) is 3.64. The summed E-state index contributed by atoms with van der Waals surface area (Å²) in [6.45, 7) is 2.48. The predicted octanol–water partition coefficient (Wildman–Crippen LogP) is 4.59. The summed E-state index contributed by atoms with van der Waals surface area (Å²) in [5.74, 6) is 1.64. The lowest BCUT2D eigenvalue weighted by Gasteiger charge is -2.20. The normalized spacial score (nSPS) is 16.9. The van der Waals surface area contributed by atoms with Gasteiger partial charge in [-0.2, -0.15) is 0 Å². The molecule has 0 radical (unpaired) electrons. The van der Waals surface area contributed by atoms with Crippen molar-refractivity contribution in [2.24, 2.45) is 4.99 Å². The monoisotopic (exact) mass is 351 g/mol. The Bertz CT molecular complexity index is 638. The predicted molar refractivity (Wildman–Crippen MR) is 90.8 cm³/mol. The second-order valence-corrected chi connectivity index (χ2v) is 5.98. The molecular formula is C17H15Cl2NO3. The third kappa shape index (κ3) is 4.30. The van der Waals surface area contributed by atoms with Gasteiger partial charge in [-0.1, -0.05) is 23.2 Å². The van der Waals surface area contributed by atoms with Crippen molar-refractivity contribution in [3.05, 3.63) is 58.6 Å². The number of hydrogen-bond acceptors (Lipinski definition) is 4. The average molecular weight is 352 g/mol. The zero-order valence-corrected chi connectivity index (χ0v) is 13.9. The molecule has 0 amide bonds. The molecule has 23 heavy (non-hydrogen) atoms. The maximum Gasteiger partial charge on any atom is 0.318 e. The Kier molecular flexibility index (Phi) is 4.94. The number of aliphatic imine (C=N–C) groups is 1. The van der Waals surface area contributed by atoms with E-state index in [0.29, 0.717) is 34.0 Å². The topological polar surface area (TPSA) is 40.0 Å². The van der Waals surface area contributed by atoms with E-state index in [1.165, 1.54) is 0 Å². The van der Waals surface area contributed by atoms with E-state index in [9.17, 15) is 0 Å². The van der Waals surface area contributed by atoms with E-state index in [1.807, 2.05) is 6.92 Å². The Morgan fingerprint density at radius 1 is 0.957 bits per heavy atom. The maximum atomic E-state index is 5.89. The Balaban J connectivity index is 1.80. The van der Waals surface area contributed by atoms with Crippen LogP contribution in [0, 0.1) is 0 Å². The molecule has 1 unspecified atom stereocenters. The molecule has 2 aromatic rings. The van der Waals surface area contributed by atoms with Crippen LogP contribution in [0.2, 0.25) is 10.0 Å². The zero-order chi connectivity index (χ0) is 16.2. The first-order chi connectivity index (χ1) is 11.1. The summed E-state index contributed by atoms with van der Waals surface area (Å²) in [6.07, 6.45) is -0.776. The number of nitrogens with zero attached hydrogens (tertiary/aromatic N) is 1. The van der Waals surface area contributed by atoms with Gasteiger partial charge in [-0.05, 0) is 55.5 Å². The molecule has 0 spiro atoms. The largest absolute Gasteiger partial charge is 0.473 e. The van der Waals surface area contributed by atoms with Crippen molar-refractivity contribution in [3.8, 4) is 11.5 Å². The molecule has 1 aliphatic rings. The SMILES string of the molecule is CC1COC(C(Oc2ccc(Cl)cc2)Oc2ccc(Cl)cc2)=N1. The number of rotatable bonds is 5. The summed E-state index contributed by atoms with van der Waals surface area (Å²) in [7, 11) is 0. The van der Waals surface area contributed by atoms with Crippen molar-refractivity contribution in [2.75, 3.05) is 6.61 Å². The van der Waals surface area contributed by atoms with Crippen molar-refractivity contribution in [3.63, 3.8) is 0 Å². The second kappa shape index (κ2) is 7.11. The van der Waals surface area contributed by atoms with E-state index in [1.54, 1.807) is 48.5 Å². The molecule has 0 fully saturated rings. The quantitative estimate of drug-likeness (QED) is 0.739. The lowest BCUT2D eigenvalue weighted by atomic mass is 10.3. The zero-order valence-electron chi connectivity index (χ0n) is 12.4. The van der Waals surface area contributed by atoms with E-state index in [-0.39, 0.29) is 6.04 Å². The fourth-order valence-corrected chi connectivity index (χ4v) is 2.28. The number of hydrogen-bond donors (Lipinski definition) is 0. The Morgan fingerprint density at radius 3 is 1.83 bits per heavy atom. The summed E-state index contributed by atoms with van der Waals surface area (Å²) >= 11 is 11.8. The van der Waals surface area contributed by atoms with E-state index in [0.717, 1.165) is 0 Å². The van der Waals surface area contributed by atoms with Gasteiger partial charge in [0.25, 0.3) is 5.90 Å². The molecule has 0 bridgehead atoms. The highest BCUT2D eigenvalue weighted by Gasteiger charge is 2.27. The van der Waals surface area contributed by atoms with E-state index >= 15 is 0 Å². The Labute approximate surface area is 144 Å². The second-order valence-electron chi connectivity index (χ2n) is 5.10. The molecule has 120 valence electrons. The van der Waals surface area contributed by atoms with Crippen LogP contribution in [0.4, 0.5) is 0 Å². The van der Waals surface area contributed by atoms with Crippen LogP contribution >= 0.6 is 23.2 Å². The fraction of sp³-hybridized carbons (Fsp3) is 0.235. The molecule has 6 heteroatoms. The molecule has 0 saturated heterocycles. The molecule has 0 aromatic heterocycles. The number of benzene rings is 2. The van der Waals surface area contributed by atoms with Crippen LogP contribution in [0.15, 0.2) is 53.5 Å². The molecule has 1 aliphatic heterocycles. The molecule has 4 nitrogen and oxygen atoms in total. The third-order valence-electron chi connectivity index (χ3n) is 3.14. The fourth-order valence-electron chi connectivity index (χ4n) is 2.03. The molecule has 0 aliphatic carbocycles. The van der Waals surface area contributed by atoms with Crippen LogP contribution < -0.4 is 9.47 Å². The van der Waals surface area contributed by atoms with Gasteiger partial charge in [-0.25, -0.2) is 4.99 Å². The minimum Gasteiger partial charge on any atom is -0.473 e. The maximum absolute atomic E-state index is 5.89. The van der Waals surface area contributed by atoms with Gasteiger partial charge < -0.3 is 14.2 Å². The molecule has 0 saturated carbocycles. The van der Waals surface area contributed by atoms with Crippen LogP contribution in [-0.4, -0.2) is 24.8 Å². The van der Waals surface area contributed by atoms with Crippen LogP contribution in [-0.2, 0) is 4.74 Å². The number of halogens is 2. The highest BCUT2D eigenvalue weighted by Crippen LogP contribution is 2.22. The van der Waals surface area contributed by atoms with Crippen LogP contribution in [0.1, 0.15) is 6.92 Å². The molecule has 1 heterocycles. The minimum atomic E-state index is -0.776. The van der Waals surface area contributed by atoms with E-state index in [4.69, 9.17) is 37.4 Å². The number of ether oxygens (including phenoxy) is 3. The van der Waals surface area contributed by atoms with Gasteiger partial charge in [-0.15, -0.1) is 0 Å². The smallest absolute Gasteiger partial charge is 0.318 e. The Hall–Kier alpha value is -1.91. The van der Waals surface area contributed by atoms with Crippen molar-refractivity contribution < 1.29 is 14.2 Å². The summed E-state index contributed by atoms with van der Waals surface area (Å²) in [6, 6.07) is 14.1. The standard InChI is InChI=1S/C17H15Cl2NO3/c1-11-10-21-16(20-11)17(22-14-6-2-12(18)3-7-14)23-15-8-4-13(19)5-9-15/h2-9,11,17H,10H2,1H3. The van der Waals surface area contributed by atoms with Crippen molar-refractivity contribution in [1.82, 2.24) is 0 Å². The van der Waals surface area contributed by atoms with Gasteiger partial charge >= 0.3 is 6.29 Å². The van der Waals surface area contributed by atoms with Crippen molar-refractivity contribution in [1.29, 1.82) is 0 Å². The van der Waals surface area contributed by atoms with E-state index in [2.05, 4.69) is 4.99 Å². The van der Waals surface area contributed by atoms with Crippen LogP contribution in [0.3, 0.4) is 0 Å². The van der Waals surface area contributed by atoms with Gasteiger partial charge in [-0.3, -0.25) is 0 Å². The Morgan fingerprint density at radius 2 is 1.43 bits per heavy atom. The molecular weight excluding hydrogens is 337 g/mol. The first kappa shape index (κ1) is 16.0. The molecule has 0 N–H and O–H groups in total. The van der Waals surface area contributed by atoms with Crippen LogP contribution in [0.5, 0.6) is 11.5 Å². The van der Waals surface area contributed by atoms with Crippen molar-refractivity contribution in [2.45, 2.75) is 19.3 Å². The van der Waals surface area contributed by atoms with Gasteiger partial charge in [0.2, 0.25) is 0 Å². The lowest BCUT2D eigenvalue weighted by Crippen LogP contribution is -2.33. The van der Waals surface area contributed by atoms with Gasteiger partial charge in [0, 0.05) is 10.0 Å². The highest BCUT2D eigenvalue weighted by molar-refractivity contribution is 6.30. The first-order valence-electron chi connectivity index (χ1n) is 7.15. The molecule has 2 aromatic carbocycles. The summed E-state index contributed by atoms with van der Waals surface area (Å²) in [5, 5.41) is 1.27. The summed E-state index contributed by atoms with van der Waals surface area (Å²) in [4.78, 5) is 4.41. The summed E-state index contributed by atoms with van der Waals surface area (Å²) in [5.41, 5.74) is 0. The highest BCUT2D eigenvalue weighted by atomic mass is 35.5. The summed E-state index contributed by atoms with van der Waals surface area (Å²) < 4.78 is 17.3. The molecule has 3 rings (SSSR count). The van der Waals surface area contributed by atoms with Gasteiger partial charge in [0.15, 0.2) is 0 Å². The van der Waals surface area contributed by atoms with Crippen molar-refractivity contribution >= 4 is 29.1 Å². The van der Waals surface area contributed by atoms with E-state index < -0.39 is 6.29 Å². The average Bonchev–Trinajstić information content (AvgIpc) is 2.97. The van der Waals surface area contributed by atoms with Gasteiger partial charge in [0.1, 0.15) is 18.1 Å². The van der Waals surface area contributed by atoms with Gasteiger partial charge in [0.05, 0.1) is 6.04 Å². The lowest BCUT2D eigenvalue weighted by molar-refractivity contribution is 0.0449. The minimum absolute atomic E-state index is 0.0788.